The first-order valence-corrected chi connectivity index (χ1v) is 10.5. The van der Waals surface area contributed by atoms with Gasteiger partial charge in [0.05, 0.1) is 38.6 Å². The molecule has 0 aromatic heterocycles. The van der Waals surface area contributed by atoms with Crippen LogP contribution in [0.5, 0.6) is 0 Å². The third-order valence-corrected chi connectivity index (χ3v) is 5.51. The Labute approximate surface area is 154 Å². The van der Waals surface area contributed by atoms with Gasteiger partial charge in [-0.05, 0) is 43.9 Å². The zero-order valence-electron chi connectivity index (χ0n) is 16.9. The Morgan fingerprint density at radius 2 is 1.24 bits per heavy atom. The van der Waals surface area contributed by atoms with Crippen molar-refractivity contribution in [2.45, 2.75) is 103 Å². The minimum atomic E-state index is 0.380. The van der Waals surface area contributed by atoms with E-state index in [4.69, 9.17) is 18.9 Å². The number of epoxide rings is 2. The summed E-state index contributed by atoms with van der Waals surface area (Å²) < 4.78 is 22.4. The molecule has 2 saturated heterocycles. The van der Waals surface area contributed by atoms with Gasteiger partial charge in [0, 0.05) is 0 Å². The zero-order chi connectivity index (χ0) is 18.1. The topological polar surface area (TPSA) is 43.5 Å². The Morgan fingerprint density at radius 3 is 1.56 bits per heavy atom. The average molecular weight is 357 g/mol. The van der Waals surface area contributed by atoms with Crippen molar-refractivity contribution in [3.8, 4) is 0 Å². The highest BCUT2D eigenvalue weighted by Gasteiger charge is 2.25. The van der Waals surface area contributed by atoms with Gasteiger partial charge in [0.25, 0.3) is 0 Å². The van der Waals surface area contributed by atoms with Crippen molar-refractivity contribution in [2.24, 2.45) is 5.41 Å². The van der Waals surface area contributed by atoms with Crippen LogP contribution in [0.25, 0.3) is 0 Å². The molecule has 0 saturated carbocycles. The van der Waals surface area contributed by atoms with E-state index in [1.165, 1.54) is 38.5 Å². The minimum absolute atomic E-state index is 0.380. The van der Waals surface area contributed by atoms with Crippen LogP contribution in [0.15, 0.2) is 0 Å². The molecule has 148 valence electrons. The van der Waals surface area contributed by atoms with Crippen molar-refractivity contribution in [2.75, 3.05) is 26.4 Å². The van der Waals surface area contributed by atoms with Gasteiger partial charge >= 0.3 is 0 Å². The standard InChI is InChI=1S/C21H40O4/c1-5-17(22-13-19-15-24-19)9-7-11-21(3,4)12-8-10-18(6-2)23-14-20-16-25-20/h17-20H,5-16H2,1-4H3. The minimum Gasteiger partial charge on any atom is -0.375 e. The van der Waals surface area contributed by atoms with E-state index >= 15 is 0 Å². The summed E-state index contributed by atoms with van der Waals surface area (Å²) in [4.78, 5) is 0. The number of rotatable bonds is 16. The summed E-state index contributed by atoms with van der Waals surface area (Å²) >= 11 is 0. The number of hydrogen-bond donors (Lipinski definition) is 0. The quantitative estimate of drug-likeness (QED) is 0.375. The largest absolute Gasteiger partial charge is 0.375 e. The molecule has 0 amide bonds. The average Bonchev–Trinajstić information content (AvgIpc) is 3.47. The highest BCUT2D eigenvalue weighted by atomic mass is 16.6. The van der Waals surface area contributed by atoms with Crippen LogP contribution in [0.1, 0.15) is 79.1 Å². The maximum Gasteiger partial charge on any atom is 0.104 e. The molecule has 2 heterocycles. The summed E-state index contributed by atoms with van der Waals surface area (Å²) in [6, 6.07) is 0. The normalized spacial score (nSPS) is 25.0. The number of hydrogen-bond acceptors (Lipinski definition) is 4. The molecule has 0 N–H and O–H groups in total. The highest BCUT2D eigenvalue weighted by molar-refractivity contribution is 4.73. The third kappa shape index (κ3) is 9.93. The fourth-order valence-electron chi connectivity index (χ4n) is 3.37. The predicted octanol–water partition coefficient (Wildman–Crippen LogP) is 4.74. The SMILES string of the molecule is CCC(CCCC(C)(C)CCCC(CC)OCC1CO1)OCC1CO1. The monoisotopic (exact) mass is 356 g/mol. The molecule has 25 heavy (non-hydrogen) atoms. The van der Waals surface area contributed by atoms with Gasteiger partial charge in [-0.1, -0.05) is 40.5 Å². The van der Waals surface area contributed by atoms with E-state index in [2.05, 4.69) is 27.7 Å². The van der Waals surface area contributed by atoms with Crippen molar-refractivity contribution in [3.63, 3.8) is 0 Å². The Kier molecular flexibility index (Phi) is 9.18. The van der Waals surface area contributed by atoms with Gasteiger partial charge in [0.2, 0.25) is 0 Å². The first-order chi connectivity index (χ1) is 12.0. The Balaban J connectivity index is 1.52. The molecule has 4 atom stereocenters. The van der Waals surface area contributed by atoms with Gasteiger partial charge < -0.3 is 18.9 Å². The fraction of sp³-hybridized carbons (Fsp3) is 1.00. The summed E-state index contributed by atoms with van der Waals surface area (Å²) in [5.41, 5.74) is 0.412. The lowest BCUT2D eigenvalue weighted by atomic mass is 9.81. The lowest BCUT2D eigenvalue weighted by Crippen LogP contribution is -2.19. The second kappa shape index (κ2) is 10.9. The van der Waals surface area contributed by atoms with Crippen LogP contribution in [0.4, 0.5) is 0 Å². The lowest BCUT2D eigenvalue weighted by molar-refractivity contribution is 0.0289. The summed E-state index contributed by atoms with van der Waals surface area (Å²) in [6.07, 6.45) is 11.2. The second-order valence-electron chi connectivity index (χ2n) is 8.59. The second-order valence-corrected chi connectivity index (χ2v) is 8.59. The molecule has 4 nitrogen and oxygen atoms in total. The van der Waals surface area contributed by atoms with Crippen LogP contribution in [-0.2, 0) is 18.9 Å². The predicted molar refractivity (Wildman–Crippen MR) is 101 cm³/mol. The van der Waals surface area contributed by atoms with Crippen LogP contribution in [-0.4, -0.2) is 50.8 Å². The zero-order valence-corrected chi connectivity index (χ0v) is 16.9. The molecule has 4 heteroatoms. The van der Waals surface area contributed by atoms with E-state index in [9.17, 15) is 0 Å². The molecule has 0 aliphatic carbocycles. The molecule has 2 fully saturated rings. The van der Waals surface area contributed by atoms with E-state index in [0.29, 0.717) is 29.8 Å². The van der Waals surface area contributed by atoms with Gasteiger partial charge in [-0.2, -0.15) is 0 Å². The van der Waals surface area contributed by atoms with Crippen molar-refractivity contribution in [1.82, 2.24) is 0 Å². The van der Waals surface area contributed by atoms with Crippen molar-refractivity contribution in [3.05, 3.63) is 0 Å². The highest BCUT2D eigenvalue weighted by Crippen LogP contribution is 2.31. The van der Waals surface area contributed by atoms with Gasteiger partial charge in [-0.15, -0.1) is 0 Å². The molecule has 0 aromatic carbocycles. The van der Waals surface area contributed by atoms with Crippen LogP contribution in [0.2, 0.25) is 0 Å². The third-order valence-electron chi connectivity index (χ3n) is 5.51. The van der Waals surface area contributed by atoms with Gasteiger partial charge in [0.15, 0.2) is 0 Å². The first kappa shape index (κ1) is 21.1. The summed E-state index contributed by atoms with van der Waals surface area (Å²) in [5, 5.41) is 0. The summed E-state index contributed by atoms with van der Waals surface area (Å²) in [7, 11) is 0. The van der Waals surface area contributed by atoms with Crippen LogP contribution in [0, 0.1) is 5.41 Å². The van der Waals surface area contributed by atoms with Crippen molar-refractivity contribution < 1.29 is 18.9 Å². The van der Waals surface area contributed by atoms with Crippen LogP contribution >= 0.6 is 0 Å². The molecular weight excluding hydrogens is 316 g/mol. The smallest absolute Gasteiger partial charge is 0.104 e. The van der Waals surface area contributed by atoms with Gasteiger partial charge in [0.1, 0.15) is 12.2 Å². The molecule has 0 bridgehead atoms. The molecular formula is C21H40O4. The van der Waals surface area contributed by atoms with Crippen molar-refractivity contribution in [1.29, 1.82) is 0 Å². The van der Waals surface area contributed by atoms with Crippen LogP contribution in [0.3, 0.4) is 0 Å². The Bertz CT molecular complexity index is 318. The molecule has 2 aliphatic rings. The van der Waals surface area contributed by atoms with Gasteiger partial charge in [-0.3, -0.25) is 0 Å². The maximum absolute atomic E-state index is 5.96. The molecule has 0 radical (unpaired) electrons. The molecule has 0 aromatic rings. The van der Waals surface area contributed by atoms with E-state index in [-0.39, 0.29) is 0 Å². The first-order valence-electron chi connectivity index (χ1n) is 10.5. The molecule has 0 spiro atoms. The van der Waals surface area contributed by atoms with E-state index < -0.39 is 0 Å². The number of ether oxygens (including phenoxy) is 4. The van der Waals surface area contributed by atoms with Gasteiger partial charge in [-0.25, -0.2) is 0 Å². The summed E-state index contributed by atoms with van der Waals surface area (Å²) in [6.45, 7) is 12.6. The summed E-state index contributed by atoms with van der Waals surface area (Å²) in [5.74, 6) is 0. The maximum atomic E-state index is 5.96. The molecule has 4 unspecified atom stereocenters. The fourth-order valence-corrected chi connectivity index (χ4v) is 3.37. The Morgan fingerprint density at radius 1 is 0.840 bits per heavy atom. The van der Waals surface area contributed by atoms with E-state index in [1.54, 1.807) is 0 Å². The van der Waals surface area contributed by atoms with E-state index in [0.717, 1.165) is 39.3 Å². The molecule has 2 aliphatic heterocycles. The van der Waals surface area contributed by atoms with Crippen LogP contribution < -0.4 is 0 Å². The Hall–Kier alpha value is -0.160. The van der Waals surface area contributed by atoms with Crippen molar-refractivity contribution >= 4 is 0 Å². The van der Waals surface area contributed by atoms with E-state index in [1.807, 2.05) is 0 Å². The lowest BCUT2D eigenvalue weighted by Gasteiger charge is -2.26. The molecule has 2 rings (SSSR count).